The van der Waals surface area contributed by atoms with E-state index in [0.717, 1.165) is 96.3 Å². The number of hydrogen-bond acceptors (Lipinski definition) is 6. The first kappa shape index (κ1) is 57.5. The van der Waals surface area contributed by atoms with Crippen molar-refractivity contribution in [2.24, 2.45) is 0 Å². The van der Waals surface area contributed by atoms with Gasteiger partial charge in [0.2, 0.25) is 0 Å². The summed E-state index contributed by atoms with van der Waals surface area (Å²) in [7, 11) is 0. The quantitative estimate of drug-likeness (QED) is 0.0264. The second kappa shape index (κ2) is 49.2. The fourth-order valence-corrected chi connectivity index (χ4v) is 6.08. The first-order valence-corrected chi connectivity index (χ1v) is 24.3. The van der Waals surface area contributed by atoms with Crippen molar-refractivity contribution >= 4 is 17.9 Å². The highest BCUT2D eigenvalue weighted by Gasteiger charge is 2.19. The molecule has 346 valence electrons. The summed E-state index contributed by atoms with van der Waals surface area (Å²) >= 11 is 0. The Bertz CT molecular complexity index is 1400. The Kier molecular flexibility index (Phi) is 45.7. The van der Waals surface area contributed by atoms with Gasteiger partial charge in [-0.3, -0.25) is 14.4 Å². The molecular formula is C56H86O6. The number of carbonyl (C=O) groups excluding carboxylic acids is 3. The van der Waals surface area contributed by atoms with Gasteiger partial charge in [0, 0.05) is 19.3 Å². The van der Waals surface area contributed by atoms with E-state index in [1.165, 1.54) is 44.9 Å². The molecule has 0 amide bonds. The molecule has 0 heterocycles. The van der Waals surface area contributed by atoms with Gasteiger partial charge in [0.15, 0.2) is 6.10 Å². The second-order valence-electron chi connectivity index (χ2n) is 15.5. The monoisotopic (exact) mass is 855 g/mol. The van der Waals surface area contributed by atoms with Gasteiger partial charge in [0.05, 0.1) is 0 Å². The summed E-state index contributed by atoms with van der Waals surface area (Å²) in [5, 5.41) is 0. The van der Waals surface area contributed by atoms with E-state index >= 15 is 0 Å². The Labute approximate surface area is 379 Å². The Morgan fingerprint density at radius 2 is 0.629 bits per heavy atom. The average molecular weight is 855 g/mol. The number of rotatable bonds is 41. The summed E-state index contributed by atoms with van der Waals surface area (Å²) in [5.41, 5.74) is 0. The molecule has 6 heteroatoms. The molecule has 0 saturated heterocycles. The minimum absolute atomic E-state index is 0.107. The minimum Gasteiger partial charge on any atom is -0.462 e. The van der Waals surface area contributed by atoms with E-state index in [9.17, 15) is 14.4 Å². The number of carbonyl (C=O) groups is 3. The lowest BCUT2D eigenvalue weighted by Gasteiger charge is -2.18. The molecule has 0 aliphatic heterocycles. The first-order chi connectivity index (χ1) is 30.5. The molecule has 6 nitrogen and oxygen atoms in total. The highest BCUT2D eigenvalue weighted by Crippen LogP contribution is 2.13. The lowest BCUT2D eigenvalue weighted by Crippen LogP contribution is -2.30. The fraction of sp³-hybridized carbons (Fsp3) is 0.554. The molecule has 0 fully saturated rings. The van der Waals surface area contributed by atoms with Crippen LogP contribution < -0.4 is 0 Å². The number of hydrogen-bond donors (Lipinski definition) is 0. The molecule has 0 aromatic rings. The summed E-state index contributed by atoms with van der Waals surface area (Å²) < 4.78 is 16.7. The third-order valence-corrected chi connectivity index (χ3v) is 9.69. The van der Waals surface area contributed by atoms with Crippen molar-refractivity contribution in [3.8, 4) is 0 Å². The van der Waals surface area contributed by atoms with Crippen LogP contribution in [0.15, 0.2) is 134 Å². The maximum absolute atomic E-state index is 12.8. The third-order valence-electron chi connectivity index (χ3n) is 9.69. The maximum atomic E-state index is 12.8. The van der Waals surface area contributed by atoms with Gasteiger partial charge < -0.3 is 14.2 Å². The number of esters is 3. The topological polar surface area (TPSA) is 78.9 Å². The minimum atomic E-state index is -0.812. The van der Waals surface area contributed by atoms with Crippen LogP contribution in [0.25, 0.3) is 0 Å². The van der Waals surface area contributed by atoms with Crippen LogP contribution in [0.3, 0.4) is 0 Å². The molecule has 0 N–H and O–H groups in total. The van der Waals surface area contributed by atoms with E-state index in [2.05, 4.69) is 57.2 Å². The average Bonchev–Trinajstić information content (AvgIpc) is 3.27. The highest BCUT2D eigenvalue weighted by molar-refractivity contribution is 5.71. The van der Waals surface area contributed by atoms with Crippen LogP contribution in [-0.4, -0.2) is 37.2 Å². The van der Waals surface area contributed by atoms with E-state index in [4.69, 9.17) is 14.2 Å². The summed E-state index contributed by atoms with van der Waals surface area (Å²) in [5.74, 6) is -0.991. The Morgan fingerprint density at radius 3 is 1.00 bits per heavy atom. The molecule has 1 atom stereocenters. The maximum Gasteiger partial charge on any atom is 0.306 e. The predicted molar refractivity (Wildman–Crippen MR) is 265 cm³/mol. The molecule has 0 aliphatic carbocycles. The number of ether oxygens (including phenoxy) is 3. The summed E-state index contributed by atoms with van der Waals surface area (Å²) in [6.07, 6.45) is 68.5. The molecular weight excluding hydrogens is 769 g/mol. The van der Waals surface area contributed by atoms with E-state index in [1.54, 1.807) is 0 Å². The van der Waals surface area contributed by atoms with Crippen LogP contribution in [0.4, 0.5) is 0 Å². The van der Waals surface area contributed by atoms with Crippen LogP contribution >= 0.6 is 0 Å². The zero-order valence-electron chi connectivity index (χ0n) is 39.3. The molecule has 0 bridgehead atoms. The molecule has 0 spiro atoms. The molecule has 62 heavy (non-hydrogen) atoms. The highest BCUT2D eigenvalue weighted by atomic mass is 16.6. The Morgan fingerprint density at radius 1 is 0.339 bits per heavy atom. The Balaban J connectivity index is 4.54. The van der Waals surface area contributed by atoms with Gasteiger partial charge in [-0.25, -0.2) is 0 Å². The van der Waals surface area contributed by atoms with Gasteiger partial charge in [-0.05, 0) is 57.8 Å². The molecule has 1 unspecified atom stereocenters. The van der Waals surface area contributed by atoms with Gasteiger partial charge in [-0.15, -0.1) is 0 Å². The zero-order chi connectivity index (χ0) is 45.1. The molecule has 0 radical (unpaired) electrons. The van der Waals surface area contributed by atoms with Crippen LogP contribution in [0.1, 0.15) is 181 Å². The van der Waals surface area contributed by atoms with Crippen molar-refractivity contribution < 1.29 is 28.6 Å². The van der Waals surface area contributed by atoms with Crippen molar-refractivity contribution in [2.45, 2.75) is 187 Å². The first-order valence-electron chi connectivity index (χ1n) is 24.3. The van der Waals surface area contributed by atoms with Crippen LogP contribution in [0.5, 0.6) is 0 Å². The smallest absolute Gasteiger partial charge is 0.306 e. The van der Waals surface area contributed by atoms with Crippen LogP contribution in [0, 0.1) is 0 Å². The molecule has 0 rings (SSSR count). The summed E-state index contributed by atoms with van der Waals surface area (Å²) in [6.45, 7) is 6.25. The zero-order valence-corrected chi connectivity index (χ0v) is 39.3. The molecule has 0 aliphatic rings. The largest absolute Gasteiger partial charge is 0.462 e. The van der Waals surface area contributed by atoms with Gasteiger partial charge in [0.1, 0.15) is 13.2 Å². The van der Waals surface area contributed by atoms with E-state index in [-0.39, 0.29) is 37.5 Å². The molecule has 0 aromatic carbocycles. The van der Waals surface area contributed by atoms with Crippen molar-refractivity contribution in [1.82, 2.24) is 0 Å². The van der Waals surface area contributed by atoms with Crippen molar-refractivity contribution in [2.75, 3.05) is 13.2 Å². The van der Waals surface area contributed by atoms with Crippen LogP contribution in [-0.2, 0) is 28.6 Å². The van der Waals surface area contributed by atoms with Crippen molar-refractivity contribution in [3.63, 3.8) is 0 Å². The standard InChI is InChI=1S/C56H86O6/c1-4-7-10-13-16-19-22-24-26-27-28-29-31-32-34-37-40-43-46-49-55(58)61-52-53(51-60-54(57)48-45-42-39-36-21-18-15-12-9-6-3)62-56(59)50-47-44-41-38-35-33-30-25-23-20-17-14-11-8-5-2/h7-8,10-11,13-14,16-17,19-20,22-32,34,53H,4-6,9,12,15,18,21,33,35-52H2,1-3H3/b10-7-,11-8-,16-13-,17-14-,22-19-,23-20-,26-24-,28-27+,30-25-,31-29-,34-32-. The second-order valence-corrected chi connectivity index (χ2v) is 15.5. The van der Waals surface area contributed by atoms with E-state index < -0.39 is 6.10 Å². The SMILES string of the molecule is CC\C=C/C=C\C=C/C=C\C=C\C=C/C=C\CCCCCC(=O)OCC(COC(=O)CCCCCCCCCCCC)OC(=O)CCCCCCC\C=C/C=C\C=C/C=C\CC. The fourth-order valence-electron chi connectivity index (χ4n) is 6.08. The lowest BCUT2D eigenvalue weighted by molar-refractivity contribution is -0.167. The molecule has 0 saturated carbocycles. The normalized spacial score (nSPS) is 13.3. The van der Waals surface area contributed by atoms with Gasteiger partial charge in [-0.1, -0.05) is 238 Å². The van der Waals surface area contributed by atoms with E-state index in [0.29, 0.717) is 12.8 Å². The number of unbranched alkanes of at least 4 members (excludes halogenated alkanes) is 17. The van der Waals surface area contributed by atoms with Gasteiger partial charge in [0.25, 0.3) is 0 Å². The third kappa shape index (κ3) is 46.6. The Hall–Kier alpha value is -4.45. The predicted octanol–water partition coefficient (Wildman–Crippen LogP) is 15.9. The van der Waals surface area contributed by atoms with Gasteiger partial charge in [-0.2, -0.15) is 0 Å². The summed E-state index contributed by atoms with van der Waals surface area (Å²) in [4.78, 5) is 37.9. The van der Waals surface area contributed by atoms with Gasteiger partial charge >= 0.3 is 17.9 Å². The van der Waals surface area contributed by atoms with Crippen LogP contribution in [0.2, 0.25) is 0 Å². The van der Waals surface area contributed by atoms with Crippen molar-refractivity contribution in [3.05, 3.63) is 134 Å². The molecule has 0 aromatic heterocycles. The van der Waals surface area contributed by atoms with E-state index in [1.807, 2.05) is 97.2 Å². The number of allylic oxidation sites excluding steroid dienone is 22. The lowest BCUT2D eigenvalue weighted by atomic mass is 10.1. The van der Waals surface area contributed by atoms with Crippen molar-refractivity contribution in [1.29, 1.82) is 0 Å². The summed E-state index contributed by atoms with van der Waals surface area (Å²) in [6, 6.07) is 0.